The Morgan fingerprint density at radius 2 is 1.12 bits per heavy atom. The first kappa shape index (κ1) is 28.1. The highest BCUT2D eigenvalue weighted by molar-refractivity contribution is 5.61. The third-order valence-corrected chi connectivity index (χ3v) is 8.56. The molecule has 2 fully saturated rings. The zero-order chi connectivity index (χ0) is 29.3. The van der Waals surface area contributed by atoms with Crippen molar-refractivity contribution in [3.63, 3.8) is 0 Å². The summed E-state index contributed by atoms with van der Waals surface area (Å²) in [5.41, 5.74) is 6.01. The zero-order valence-corrected chi connectivity index (χ0v) is 24.8. The van der Waals surface area contributed by atoms with Gasteiger partial charge in [-0.25, -0.2) is 0 Å². The summed E-state index contributed by atoms with van der Waals surface area (Å²) in [6, 6.07) is 36.5. The van der Waals surface area contributed by atoms with Gasteiger partial charge in [-0.2, -0.15) is 0 Å². The largest absolute Gasteiger partial charge is 0.437 e. The second kappa shape index (κ2) is 11.4. The topological polar surface area (TPSA) is 62.0 Å². The molecule has 4 aromatic rings. The highest BCUT2D eigenvalue weighted by atomic mass is 16.9. The van der Waals surface area contributed by atoms with Crippen LogP contribution < -0.4 is 9.47 Å². The maximum atomic E-state index is 6.14. The maximum Gasteiger partial charge on any atom is 0.352 e. The van der Waals surface area contributed by atoms with Gasteiger partial charge in [0.05, 0.1) is 13.2 Å². The van der Waals surface area contributed by atoms with Crippen LogP contribution >= 0.6 is 0 Å². The molecule has 3 unspecified atom stereocenters. The van der Waals surface area contributed by atoms with Gasteiger partial charge in [-0.1, -0.05) is 92.7 Å². The van der Waals surface area contributed by atoms with Gasteiger partial charge in [0.2, 0.25) is 0 Å². The number of hydrogen-bond donors (Lipinski definition) is 0. The summed E-state index contributed by atoms with van der Waals surface area (Å²) in [4.78, 5) is 0. The van der Waals surface area contributed by atoms with Gasteiger partial charge in [0.25, 0.3) is 0 Å². The van der Waals surface area contributed by atoms with E-state index >= 15 is 0 Å². The van der Waals surface area contributed by atoms with Gasteiger partial charge in [0.15, 0.2) is 0 Å². The van der Waals surface area contributed by atoms with E-state index < -0.39 is 11.9 Å². The molecule has 222 valence electrons. The highest BCUT2D eigenvalue weighted by Crippen LogP contribution is 2.56. The second-order valence-corrected chi connectivity index (χ2v) is 11.6. The Morgan fingerprint density at radius 1 is 0.628 bits per heavy atom. The molecule has 0 spiro atoms. The summed E-state index contributed by atoms with van der Waals surface area (Å²) < 4.78 is 35.0. The fourth-order valence-corrected chi connectivity index (χ4v) is 6.36. The third kappa shape index (κ3) is 5.45. The van der Waals surface area contributed by atoms with Crippen molar-refractivity contribution >= 4 is 0 Å². The average molecular weight is 579 g/mol. The minimum Gasteiger partial charge on any atom is -0.437 e. The fraction of sp³-hybridized carbons (Fsp3) is 0.351. The van der Waals surface area contributed by atoms with Gasteiger partial charge >= 0.3 is 11.9 Å². The summed E-state index contributed by atoms with van der Waals surface area (Å²) in [7, 11) is 0. The standard InChI is InChI=1S/C37H38O6/c1-3-22-38-36(25-40-36)42-30-18-14-28(15-19-30)35(29-16-20-31(21-17-29)43-37(26-41-37)39-23-4-2)24-33(27-10-6-5-7-11-27)32-12-8-9-13-34(32)35/h5-21,33H,3-4,22-26H2,1-2H3. The Morgan fingerprint density at radius 3 is 1.60 bits per heavy atom. The van der Waals surface area contributed by atoms with Crippen LogP contribution in [0.2, 0.25) is 0 Å². The van der Waals surface area contributed by atoms with E-state index in [1.807, 2.05) is 24.3 Å². The normalized spacial score (nSPS) is 27.0. The monoisotopic (exact) mass is 578 g/mol. The number of epoxide rings is 2. The van der Waals surface area contributed by atoms with Gasteiger partial charge in [0, 0.05) is 11.3 Å². The van der Waals surface area contributed by atoms with E-state index in [0.717, 1.165) is 30.8 Å². The van der Waals surface area contributed by atoms with E-state index in [0.29, 0.717) is 26.4 Å². The molecule has 2 heterocycles. The summed E-state index contributed by atoms with van der Waals surface area (Å²) in [5.74, 6) is -0.201. The first-order valence-corrected chi connectivity index (χ1v) is 15.4. The van der Waals surface area contributed by atoms with Crippen LogP contribution in [0.5, 0.6) is 11.5 Å². The van der Waals surface area contributed by atoms with Crippen LogP contribution in [0.25, 0.3) is 0 Å². The first-order valence-electron chi connectivity index (χ1n) is 15.4. The van der Waals surface area contributed by atoms with Gasteiger partial charge < -0.3 is 28.4 Å². The smallest absolute Gasteiger partial charge is 0.352 e. The number of ether oxygens (including phenoxy) is 6. The van der Waals surface area contributed by atoms with Crippen molar-refractivity contribution in [2.24, 2.45) is 0 Å². The molecule has 2 saturated heterocycles. The molecular weight excluding hydrogens is 540 g/mol. The Labute approximate surface area is 253 Å². The number of hydrogen-bond acceptors (Lipinski definition) is 6. The van der Waals surface area contributed by atoms with Crippen molar-refractivity contribution in [2.75, 3.05) is 26.4 Å². The minimum absolute atomic E-state index is 0.250. The van der Waals surface area contributed by atoms with Gasteiger partial charge in [-0.3, -0.25) is 0 Å². The molecule has 0 amide bonds. The van der Waals surface area contributed by atoms with Crippen LogP contribution in [0, 0.1) is 0 Å². The molecule has 0 N–H and O–H groups in total. The molecule has 0 saturated carbocycles. The van der Waals surface area contributed by atoms with Crippen molar-refractivity contribution in [3.05, 3.63) is 131 Å². The van der Waals surface area contributed by atoms with Gasteiger partial charge in [0.1, 0.15) is 24.7 Å². The second-order valence-electron chi connectivity index (χ2n) is 11.6. The number of rotatable bonds is 13. The molecule has 4 aromatic carbocycles. The predicted octanol–water partition coefficient (Wildman–Crippen LogP) is 7.54. The minimum atomic E-state index is -0.952. The lowest BCUT2D eigenvalue weighted by Gasteiger charge is -2.33. The summed E-state index contributed by atoms with van der Waals surface area (Å²) in [6.07, 6.45) is 2.71. The lowest BCUT2D eigenvalue weighted by molar-refractivity contribution is -0.173. The Hall–Kier alpha value is -3.68. The molecule has 0 bridgehead atoms. The lowest BCUT2D eigenvalue weighted by Crippen LogP contribution is -2.28. The van der Waals surface area contributed by atoms with Gasteiger partial charge in [-0.15, -0.1) is 0 Å². The number of benzene rings is 4. The summed E-state index contributed by atoms with van der Waals surface area (Å²) in [5, 5.41) is 0. The Balaban J connectivity index is 1.26. The van der Waals surface area contributed by atoms with E-state index in [9.17, 15) is 0 Å². The van der Waals surface area contributed by atoms with E-state index in [2.05, 4.69) is 92.7 Å². The fourth-order valence-electron chi connectivity index (χ4n) is 6.36. The van der Waals surface area contributed by atoms with Crippen LogP contribution in [-0.4, -0.2) is 38.4 Å². The Kier molecular flexibility index (Phi) is 7.48. The quantitative estimate of drug-likeness (QED) is 0.121. The van der Waals surface area contributed by atoms with Crippen molar-refractivity contribution in [1.29, 1.82) is 0 Å². The van der Waals surface area contributed by atoms with Crippen LogP contribution in [-0.2, 0) is 24.4 Å². The molecular formula is C37H38O6. The van der Waals surface area contributed by atoms with Crippen LogP contribution in [0.3, 0.4) is 0 Å². The molecule has 0 aromatic heterocycles. The van der Waals surface area contributed by atoms with E-state index in [-0.39, 0.29) is 11.3 Å². The van der Waals surface area contributed by atoms with E-state index in [1.54, 1.807) is 0 Å². The van der Waals surface area contributed by atoms with E-state index in [1.165, 1.54) is 27.8 Å². The number of fused-ring (bicyclic) bond motifs is 1. The molecule has 3 atom stereocenters. The SMILES string of the molecule is CCCOC1(Oc2ccc(C3(c4ccc(OC5(OCCC)CO5)cc4)CC(c4ccccc4)c4ccccc43)cc2)CO1. The summed E-state index contributed by atoms with van der Waals surface area (Å²) in [6.45, 7) is 6.21. The molecule has 6 nitrogen and oxygen atoms in total. The first-order chi connectivity index (χ1) is 21.1. The molecule has 43 heavy (non-hydrogen) atoms. The third-order valence-electron chi connectivity index (χ3n) is 8.56. The lowest BCUT2D eigenvalue weighted by atomic mass is 9.69. The zero-order valence-electron chi connectivity index (χ0n) is 24.8. The van der Waals surface area contributed by atoms with Crippen molar-refractivity contribution < 1.29 is 28.4 Å². The van der Waals surface area contributed by atoms with E-state index in [4.69, 9.17) is 28.4 Å². The predicted molar refractivity (Wildman–Crippen MR) is 163 cm³/mol. The molecule has 3 aliphatic rings. The van der Waals surface area contributed by atoms with Crippen molar-refractivity contribution in [2.45, 2.75) is 56.4 Å². The molecule has 0 radical (unpaired) electrons. The maximum absolute atomic E-state index is 6.14. The van der Waals surface area contributed by atoms with Crippen molar-refractivity contribution in [1.82, 2.24) is 0 Å². The summed E-state index contributed by atoms with van der Waals surface area (Å²) >= 11 is 0. The van der Waals surface area contributed by atoms with Gasteiger partial charge in [-0.05, 0) is 71.3 Å². The average Bonchev–Trinajstić information content (AvgIpc) is 3.98. The van der Waals surface area contributed by atoms with Crippen molar-refractivity contribution in [3.8, 4) is 11.5 Å². The van der Waals surface area contributed by atoms with Crippen LogP contribution in [0.1, 0.15) is 66.8 Å². The molecule has 6 heteroatoms. The molecule has 2 aliphatic heterocycles. The highest BCUT2D eigenvalue weighted by Gasteiger charge is 2.52. The van der Waals surface area contributed by atoms with Crippen LogP contribution in [0.15, 0.2) is 103 Å². The Bertz CT molecular complexity index is 1450. The molecule has 7 rings (SSSR count). The molecule has 1 aliphatic carbocycles. The van der Waals surface area contributed by atoms with Crippen LogP contribution in [0.4, 0.5) is 0 Å².